The summed E-state index contributed by atoms with van der Waals surface area (Å²) in [6.07, 6.45) is 4.32. The lowest BCUT2D eigenvalue weighted by Gasteiger charge is -2.39. The topological polar surface area (TPSA) is 46.3 Å². The van der Waals surface area contributed by atoms with Gasteiger partial charge >= 0.3 is 0 Å². The van der Waals surface area contributed by atoms with Gasteiger partial charge in [0, 0.05) is 24.5 Å². The number of nitrogens with zero attached hydrogens (tertiary/aromatic N) is 1. The number of nitrogens with two attached hydrogens (primary N) is 1. The molecule has 14 heavy (non-hydrogen) atoms. The first kappa shape index (κ1) is 11.8. The highest BCUT2D eigenvalue weighted by atomic mass is 35.5. The predicted octanol–water partition coefficient (Wildman–Crippen LogP) is 1.16. The first-order chi connectivity index (χ1) is 6.12. The number of hydrogen-bond acceptors (Lipinski definition) is 2. The summed E-state index contributed by atoms with van der Waals surface area (Å²) >= 11 is 0. The van der Waals surface area contributed by atoms with E-state index in [0.29, 0.717) is 5.91 Å². The molecule has 0 aromatic carbocycles. The van der Waals surface area contributed by atoms with Crippen molar-refractivity contribution in [1.82, 2.24) is 4.90 Å². The molecule has 4 heteroatoms. The van der Waals surface area contributed by atoms with Crippen molar-refractivity contribution in [3.8, 4) is 0 Å². The molecule has 2 fully saturated rings. The molecule has 82 valence electrons. The Kier molecular flexibility index (Phi) is 3.43. The summed E-state index contributed by atoms with van der Waals surface area (Å²) in [5.74, 6) is 0.340. The Balaban J connectivity index is 0.000000980. The molecule has 0 spiro atoms. The fourth-order valence-electron chi connectivity index (χ4n) is 2.27. The first-order valence-electron chi connectivity index (χ1n) is 5.17. The highest BCUT2D eigenvalue weighted by Crippen LogP contribution is 2.42. The molecule has 2 rings (SSSR count). The van der Waals surface area contributed by atoms with Crippen molar-refractivity contribution in [2.75, 3.05) is 13.1 Å². The molecular weight excluding hydrogens is 200 g/mol. The molecule has 1 aliphatic heterocycles. The van der Waals surface area contributed by atoms with Crippen LogP contribution in [0.2, 0.25) is 0 Å². The van der Waals surface area contributed by atoms with Crippen LogP contribution < -0.4 is 5.73 Å². The summed E-state index contributed by atoms with van der Waals surface area (Å²) < 4.78 is 0. The Morgan fingerprint density at radius 3 is 2.50 bits per heavy atom. The van der Waals surface area contributed by atoms with Crippen LogP contribution in [0.4, 0.5) is 0 Å². The summed E-state index contributed by atoms with van der Waals surface area (Å²) in [6, 6.07) is 0.215. The van der Waals surface area contributed by atoms with E-state index in [1.165, 1.54) is 6.42 Å². The van der Waals surface area contributed by atoms with E-state index in [0.717, 1.165) is 32.4 Å². The van der Waals surface area contributed by atoms with Gasteiger partial charge in [-0.15, -0.1) is 12.4 Å². The van der Waals surface area contributed by atoms with Gasteiger partial charge in [-0.25, -0.2) is 0 Å². The largest absolute Gasteiger partial charge is 0.341 e. The van der Waals surface area contributed by atoms with Gasteiger partial charge in [-0.05, 0) is 19.3 Å². The Labute approximate surface area is 91.4 Å². The second kappa shape index (κ2) is 4.07. The molecule has 0 unspecified atom stereocenters. The second-order valence-corrected chi connectivity index (χ2v) is 4.71. The third-order valence-electron chi connectivity index (χ3n) is 3.49. The average Bonchev–Trinajstić information content (AvgIpc) is 2.46. The smallest absolute Gasteiger partial charge is 0.228 e. The molecule has 1 heterocycles. The van der Waals surface area contributed by atoms with E-state index < -0.39 is 0 Å². The van der Waals surface area contributed by atoms with Crippen LogP contribution in [0.1, 0.15) is 32.6 Å². The lowest BCUT2D eigenvalue weighted by molar-refractivity contribution is -0.144. The Bertz CT molecular complexity index is 228. The van der Waals surface area contributed by atoms with Crippen LogP contribution in [0.5, 0.6) is 0 Å². The third kappa shape index (κ3) is 1.89. The number of carbonyl (C=O) groups is 1. The lowest BCUT2D eigenvalue weighted by atomic mass is 9.69. The van der Waals surface area contributed by atoms with Gasteiger partial charge in [0.1, 0.15) is 0 Å². The van der Waals surface area contributed by atoms with Crippen molar-refractivity contribution in [2.45, 2.75) is 38.6 Å². The molecule has 2 aliphatic rings. The molecule has 1 amide bonds. The number of amides is 1. The average molecular weight is 219 g/mol. The van der Waals surface area contributed by atoms with Crippen LogP contribution in [-0.2, 0) is 4.79 Å². The van der Waals surface area contributed by atoms with E-state index >= 15 is 0 Å². The fraction of sp³-hybridized carbons (Fsp3) is 0.900. The molecule has 1 aliphatic carbocycles. The van der Waals surface area contributed by atoms with Crippen molar-refractivity contribution in [3.05, 3.63) is 0 Å². The van der Waals surface area contributed by atoms with Crippen molar-refractivity contribution in [2.24, 2.45) is 11.1 Å². The monoisotopic (exact) mass is 218 g/mol. The van der Waals surface area contributed by atoms with E-state index in [4.69, 9.17) is 5.73 Å². The SMILES string of the molecule is CC1(C(=O)N2CC[C@@H](N)C2)CCC1.Cl. The molecule has 1 saturated heterocycles. The highest BCUT2D eigenvalue weighted by Gasteiger charge is 2.42. The van der Waals surface area contributed by atoms with E-state index in [9.17, 15) is 4.79 Å². The number of likely N-dealkylation sites (tertiary alicyclic amines) is 1. The van der Waals surface area contributed by atoms with Crippen LogP contribution in [-0.4, -0.2) is 29.9 Å². The molecule has 0 aromatic heterocycles. The normalized spacial score (nSPS) is 29.3. The summed E-state index contributed by atoms with van der Waals surface area (Å²) in [5, 5.41) is 0. The van der Waals surface area contributed by atoms with Gasteiger partial charge in [-0.3, -0.25) is 4.79 Å². The van der Waals surface area contributed by atoms with Gasteiger partial charge < -0.3 is 10.6 Å². The Morgan fingerprint density at radius 1 is 1.50 bits per heavy atom. The molecule has 0 aromatic rings. The van der Waals surface area contributed by atoms with E-state index in [-0.39, 0.29) is 23.9 Å². The van der Waals surface area contributed by atoms with Crippen LogP contribution in [0.15, 0.2) is 0 Å². The van der Waals surface area contributed by atoms with E-state index in [1.807, 2.05) is 4.90 Å². The summed E-state index contributed by atoms with van der Waals surface area (Å²) in [4.78, 5) is 13.9. The first-order valence-corrected chi connectivity index (χ1v) is 5.17. The van der Waals surface area contributed by atoms with Crippen molar-refractivity contribution in [3.63, 3.8) is 0 Å². The van der Waals surface area contributed by atoms with Crippen LogP contribution in [0.3, 0.4) is 0 Å². The summed E-state index contributed by atoms with van der Waals surface area (Å²) in [6.45, 7) is 3.73. The molecule has 0 radical (unpaired) electrons. The van der Waals surface area contributed by atoms with E-state index in [2.05, 4.69) is 6.92 Å². The van der Waals surface area contributed by atoms with Crippen molar-refractivity contribution in [1.29, 1.82) is 0 Å². The van der Waals surface area contributed by atoms with Gasteiger partial charge in [-0.1, -0.05) is 13.3 Å². The molecule has 0 bridgehead atoms. The molecule has 1 atom stereocenters. The standard InChI is InChI=1S/C10H18N2O.ClH/c1-10(4-2-5-10)9(13)12-6-3-8(11)7-12;/h8H,2-7,11H2,1H3;1H/t8-;/m1./s1. The predicted molar refractivity (Wildman–Crippen MR) is 58.4 cm³/mol. The van der Waals surface area contributed by atoms with Gasteiger partial charge in [0.2, 0.25) is 5.91 Å². The minimum atomic E-state index is -0.0376. The van der Waals surface area contributed by atoms with Crippen molar-refractivity contribution < 1.29 is 4.79 Å². The fourth-order valence-corrected chi connectivity index (χ4v) is 2.27. The number of hydrogen-bond donors (Lipinski definition) is 1. The van der Waals surface area contributed by atoms with Crippen LogP contribution in [0, 0.1) is 5.41 Å². The van der Waals surface area contributed by atoms with Crippen molar-refractivity contribution >= 4 is 18.3 Å². The Hall–Kier alpha value is -0.280. The minimum absolute atomic E-state index is 0. The zero-order valence-electron chi connectivity index (χ0n) is 8.66. The maximum atomic E-state index is 12.0. The van der Waals surface area contributed by atoms with Crippen LogP contribution >= 0.6 is 12.4 Å². The molecule has 2 N–H and O–H groups in total. The maximum Gasteiger partial charge on any atom is 0.228 e. The van der Waals surface area contributed by atoms with Crippen LogP contribution in [0.25, 0.3) is 0 Å². The zero-order chi connectivity index (χ0) is 9.47. The third-order valence-corrected chi connectivity index (χ3v) is 3.49. The summed E-state index contributed by atoms with van der Waals surface area (Å²) in [7, 11) is 0. The van der Waals surface area contributed by atoms with E-state index in [1.54, 1.807) is 0 Å². The lowest BCUT2D eigenvalue weighted by Crippen LogP contribution is -2.45. The molecular formula is C10H19ClN2O. The summed E-state index contributed by atoms with van der Waals surface area (Å²) in [5.41, 5.74) is 5.73. The second-order valence-electron chi connectivity index (χ2n) is 4.71. The highest BCUT2D eigenvalue weighted by molar-refractivity contribution is 5.85. The number of halogens is 1. The molecule has 1 saturated carbocycles. The number of rotatable bonds is 1. The van der Waals surface area contributed by atoms with Gasteiger partial charge in [0.15, 0.2) is 0 Å². The quantitative estimate of drug-likeness (QED) is 0.718. The minimum Gasteiger partial charge on any atom is -0.341 e. The zero-order valence-corrected chi connectivity index (χ0v) is 9.48. The Morgan fingerprint density at radius 2 is 2.14 bits per heavy atom. The van der Waals surface area contributed by atoms with Gasteiger partial charge in [-0.2, -0.15) is 0 Å². The maximum absolute atomic E-state index is 12.0. The van der Waals surface area contributed by atoms with Gasteiger partial charge in [0.25, 0.3) is 0 Å². The molecule has 3 nitrogen and oxygen atoms in total. The number of carbonyl (C=O) groups excluding carboxylic acids is 1. The van der Waals surface area contributed by atoms with Gasteiger partial charge in [0.05, 0.1) is 0 Å².